The van der Waals surface area contributed by atoms with Gasteiger partial charge in [0.25, 0.3) is 0 Å². The summed E-state index contributed by atoms with van der Waals surface area (Å²) in [5, 5.41) is 13.4. The van der Waals surface area contributed by atoms with Crippen LogP contribution in [0.5, 0.6) is 0 Å². The summed E-state index contributed by atoms with van der Waals surface area (Å²) < 4.78 is 51.7. The van der Waals surface area contributed by atoms with Crippen LogP contribution in [0.15, 0.2) is 48.5 Å². The maximum Gasteiger partial charge on any atom is 0.416 e. The molecule has 166 valence electrons. The van der Waals surface area contributed by atoms with Crippen molar-refractivity contribution in [2.45, 2.75) is 37.5 Å². The van der Waals surface area contributed by atoms with Crippen LogP contribution in [-0.4, -0.2) is 36.4 Å². The zero-order chi connectivity index (χ0) is 23.0. The highest BCUT2D eigenvalue weighted by atomic mass is 32.2. The van der Waals surface area contributed by atoms with Crippen molar-refractivity contribution < 1.29 is 27.6 Å². The van der Waals surface area contributed by atoms with E-state index in [1.807, 2.05) is 0 Å². The molecule has 2 amide bonds. The van der Waals surface area contributed by atoms with Crippen molar-refractivity contribution in [2.24, 2.45) is 0 Å². The summed E-state index contributed by atoms with van der Waals surface area (Å²) in [5.74, 6) is -0.400. The van der Waals surface area contributed by atoms with Crippen LogP contribution in [0.4, 0.5) is 28.0 Å². The van der Waals surface area contributed by atoms with E-state index in [2.05, 4.69) is 5.32 Å². The lowest BCUT2D eigenvalue weighted by Crippen LogP contribution is -2.55. The number of thiocarbonyl (C=S) groups is 1. The summed E-state index contributed by atoms with van der Waals surface area (Å²) in [7, 11) is 0. The maximum absolute atomic E-state index is 13.2. The van der Waals surface area contributed by atoms with Crippen molar-refractivity contribution in [3.8, 4) is 0 Å². The predicted molar refractivity (Wildman–Crippen MR) is 114 cm³/mol. The highest BCUT2D eigenvalue weighted by Gasteiger charge is 2.49. The van der Waals surface area contributed by atoms with Gasteiger partial charge in [0.1, 0.15) is 16.3 Å². The minimum absolute atomic E-state index is 0.116. The Morgan fingerprint density at radius 2 is 1.90 bits per heavy atom. The van der Waals surface area contributed by atoms with Crippen LogP contribution in [0.25, 0.3) is 0 Å². The van der Waals surface area contributed by atoms with Gasteiger partial charge in [-0.1, -0.05) is 42.2 Å². The largest absolute Gasteiger partial charge is 0.416 e. The number of carbonyl (C=O) groups excluding carboxylic acids is 1. The van der Waals surface area contributed by atoms with Gasteiger partial charge < -0.3 is 10.2 Å². The summed E-state index contributed by atoms with van der Waals surface area (Å²) in [4.78, 5) is 14.3. The van der Waals surface area contributed by atoms with Gasteiger partial charge in [0.2, 0.25) is 0 Å². The second-order valence-corrected chi connectivity index (χ2v) is 9.74. The summed E-state index contributed by atoms with van der Waals surface area (Å²) in [6, 6.07) is 8.81. The van der Waals surface area contributed by atoms with Gasteiger partial charge >= 0.3 is 12.2 Å². The van der Waals surface area contributed by atoms with Crippen molar-refractivity contribution in [1.29, 1.82) is 0 Å². The van der Waals surface area contributed by atoms with Crippen molar-refractivity contribution in [1.82, 2.24) is 9.96 Å². The van der Waals surface area contributed by atoms with Crippen molar-refractivity contribution in [3.05, 3.63) is 65.5 Å². The molecule has 0 saturated carbocycles. The number of urea groups is 1. The van der Waals surface area contributed by atoms with Gasteiger partial charge in [-0.25, -0.2) is 9.18 Å². The van der Waals surface area contributed by atoms with E-state index in [0.717, 1.165) is 18.2 Å². The number of rotatable bonds is 4. The Balaban J connectivity index is 1.81. The van der Waals surface area contributed by atoms with Gasteiger partial charge in [0.05, 0.1) is 10.3 Å². The summed E-state index contributed by atoms with van der Waals surface area (Å²) >= 11 is 6.68. The Hall–Kier alpha value is -2.37. The molecule has 2 aromatic rings. The number of nitrogens with one attached hydrogen (secondary N) is 1. The molecule has 1 saturated heterocycles. The van der Waals surface area contributed by atoms with Gasteiger partial charge in [-0.3, -0.25) is 5.21 Å². The fraction of sp³-hybridized carbons (Fsp3) is 0.300. The lowest BCUT2D eigenvalue weighted by Gasteiger charge is -2.37. The van der Waals surface area contributed by atoms with Crippen LogP contribution >= 0.6 is 24.0 Å². The molecule has 0 aromatic heterocycles. The Kier molecular flexibility index (Phi) is 6.49. The van der Waals surface area contributed by atoms with Gasteiger partial charge in [0.15, 0.2) is 0 Å². The minimum atomic E-state index is -4.57. The first kappa shape index (κ1) is 23.3. The Labute approximate surface area is 186 Å². The fourth-order valence-corrected chi connectivity index (χ4v) is 5.11. The molecule has 2 N–H and O–H groups in total. The van der Waals surface area contributed by atoms with E-state index in [1.54, 1.807) is 30.9 Å². The molecular formula is C20H19F4N3O2S2. The molecule has 1 atom stereocenters. The first-order chi connectivity index (χ1) is 14.4. The first-order valence-corrected chi connectivity index (χ1v) is 10.3. The number of thioether (sulfide) groups is 1. The number of hydroxylamine groups is 2. The average Bonchev–Trinajstić information content (AvgIpc) is 2.90. The Bertz CT molecular complexity index is 983. The van der Waals surface area contributed by atoms with Gasteiger partial charge in [-0.15, -0.1) is 0 Å². The van der Waals surface area contributed by atoms with E-state index in [9.17, 15) is 27.6 Å². The molecule has 31 heavy (non-hydrogen) atoms. The zero-order valence-corrected chi connectivity index (χ0v) is 18.1. The van der Waals surface area contributed by atoms with Gasteiger partial charge in [-0.05, 0) is 49.7 Å². The van der Waals surface area contributed by atoms with Crippen LogP contribution in [0.2, 0.25) is 0 Å². The van der Waals surface area contributed by atoms with Gasteiger partial charge in [0, 0.05) is 12.2 Å². The molecule has 5 nitrogen and oxygen atoms in total. The molecule has 1 fully saturated rings. The second kappa shape index (κ2) is 8.64. The molecule has 1 aliphatic rings. The van der Waals surface area contributed by atoms with Crippen LogP contribution in [-0.2, 0) is 12.7 Å². The van der Waals surface area contributed by atoms with E-state index in [1.165, 1.54) is 30.0 Å². The number of hydrogen-bond acceptors (Lipinski definition) is 4. The van der Waals surface area contributed by atoms with Gasteiger partial charge in [-0.2, -0.15) is 18.2 Å². The minimum Gasteiger partial charge on any atom is -0.329 e. The molecule has 1 aliphatic heterocycles. The smallest absolute Gasteiger partial charge is 0.329 e. The first-order valence-electron chi connectivity index (χ1n) is 9.09. The molecule has 3 rings (SSSR count). The van der Waals surface area contributed by atoms with E-state index in [-0.39, 0.29) is 12.2 Å². The quantitative estimate of drug-likeness (QED) is 0.258. The maximum atomic E-state index is 13.2. The van der Waals surface area contributed by atoms with Crippen molar-refractivity contribution in [2.75, 3.05) is 5.32 Å². The number of benzene rings is 2. The monoisotopic (exact) mass is 473 g/mol. The number of nitrogens with zero attached hydrogens (tertiary/aromatic N) is 2. The van der Waals surface area contributed by atoms with E-state index < -0.39 is 34.5 Å². The van der Waals surface area contributed by atoms with Crippen LogP contribution < -0.4 is 5.32 Å². The summed E-state index contributed by atoms with van der Waals surface area (Å²) in [5.41, 5.74) is -0.334. The molecule has 0 spiro atoms. The molecule has 1 unspecified atom stereocenters. The number of halogens is 4. The van der Waals surface area contributed by atoms with E-state index in [4.69, 9.17) is 12.2 Å². The molecular weight excluding hydrogens is 454 g/mol. The highest BCUT2D eigenvalue weighted by Crippen LogP contribution is 2.43. The Morgan fingerprint density at radius 3 is 2.52 bits per heavy atom. The second-order valence-electron chi connectivity index (χ2n) is 7.45. The lowest BCUT2D eigenvalue weighted by atomic mass is 10.1. The fourth-order valence-electron chi connectivity index (χ4n) is 3.24. The van der Waals surface area contributed by atoms with Crippen LogP contribution in [0, 0.1) is 5.82 Å². The average molecular weight is 474 g/mol. The normalized spacial score (nSPS) is 18.2. The predicted octanol–water partition coefficient (Wildman–Crippen LogP) is 5.71. The highest BCUT2D eigenvalue weighted by molar-refractivity contribution is 8.24. The van der Waals surface area contributed by atoms with Crippen LogP contribution in [0.1, 0.15) is 25.0 Å². The summed E-state index contributed by atoms with van der Waals surface area (Å²) in [6.45, 7) is 3.76. The van der Waals surface area contributed by atoms with Crippen molar-refractivity contribution >= 4 is 40.0 Å². The standard InChI is InChI=1S/C20H19F4N3O2S2/c1-19(2)16(26(18(30)31-19)11-12-6-8-14(21)9-7-12)27(29)17(28)25-15-5-3-4-13(10-15)20(22,23)24/h3-10,16,29H,11H2,1-2H3,(H,25,28). The molecule has 11 heteroatoms. The molecule has 0 aliphatic carbocycles. The molecule has 0 radical (unpaired) electrons. The third kappa shape index (κ3) is 5.28. The van der Waals surface area contributed by atoms with Crippen LogP contribution in [0.3, 0.4) is 0 Å². The van der Waals surface area contributed by atoms with E-state index in [0.29, 0.717) is 14.9 Å². The zero-order valence-electron chi connectivity index (χ0n) is 16.5. The summed E-state index contributed by atoms with van der Waals surface area (Å²) in [6.07, 6.45) is -5.48. The molecule has 0 bridgehead atoms. The number of anilines is 1. The number of alkyl halides is 3. The molecule has 1 heterocycles. The third-order valence-corrected chi connectivity index (χ3v) is 6.28. The third-order valence-electron chi connectivity index (χ3n) is 4.65. The van der Waals surface area contributed by atoms with Crippen molar-refractivity contribution in [3.63, 3.8) is 0 Å². The lowest BCUT2D eigenvalue weighted by molar-refractivity contribution is -0.137. The SMILES string of the molecule is CC1(C)SC(=S)N(Cc2ccc(F)cc2)C1N(O)C(=O)Nc1cccc(C(F)(F)F)c1. The number of amides is 2. The van der Waals surface area contributed by atoms with E-state index >= 15 is 0 Å². The topological polar surface area (TPSA) is 55.8 Å². The Morgan fingerprint density at radius 1 is 1.26 bits per heavy atom. The number of hydrogen-bond donors (Lipinski definition) is 2. The molecule has 2 aromatic carbocycles. The number of carbonyl (C=O) groups is 1.